The molecule has 5 heterocycles. The molecule has 0 bridgehead atoms. The second-order valence-electron chi connectivity index (χ2n) is 22.0. The summed E-state index contributed by atoms with van der Waals surface area (Å²) in [6.45, 7) is 1.55. The number of aromatic amines is 1. The van der Waals surface area contributed by atoms with E-state index in [-0.39, 0.29) is 83.0 Å². The summed E-state index contributed by atoms with van der Waals surface area (Å²) in [5, 5.41) is 18.8. The maximum atomic E-state index is 15.8. The Kier molecular flexibility index (Phi) is 18.7. The molecule has 0 radical (unpaired) electrons. The van der Waals surface area contributed by atoms with Gasteiger partial charge in [-0.2, -0.15) is 0 Å². The van der Waals surface area contributed by atoms with Crippen molar-refractivity contribution in [1.29, 1.82) is 0 Å². The number of fused-ring (bicyclic) bond motifs is 4. The fourth-order valence-electron chi connectivity index (χ4n) is 11.7. The van der Waals surface area contributed by atoms with Crippen LogP contribution < -0.4 is 42.4 Å². The van der Waals surface area contributed by atoms with E-state index >= 15 is 28.8 Å². The minimum Gasteiger partial charge on any atom is -0.489 e. The summed E-state index contributed by atoms with van der Waals surface area (Å²) in [7, 11) is 0. The monoisotopic (exact) mass is 1130 g/mol. The van der Waals surface area contributed by atoms with Crippen molar-refractivity contribution in [3.8, 4) is 5.75 Å². The van der Waals surface area contributed by atoms with Crippen LogP contribution in [0.15, 0.2) is 134 Å². The molecule has 7 atom stereocenters. The molecule has 10 rings (SSSR count). The first-order valence-electron chi connectivity index (χ1n) is 28.6. The van der Waals surface area contributed by atoms with Gasteiger partial charge in [-0.3, -0.25) is 28.8 Å². The number of carbonyl (C=O) groups is 7. The van der Waals surface area contributed by atoms with Gasteiger partial charge in [-0.25, -0.2) is 9.18 Å². The van der Waals surface area contributed by atoms with E-state index in [1.165, 1.54) is 21.9 Å². The topological polar surface area (TPSA) is 258 Å². The normalized spacial score (nSPS) is 22.9. The minimum atomic E-state index is -1.31. The molecule has 4 aliphatic heterocycles. The summed E-state index contributed by atoms with van der Waals surface area (Å²) in [6.07, 6.45) is 1.89. The molecule has 19 nitrogen and oxygen atoms in total. The van der Waals surface area contributed by atoms with Gasteiger partial charge >= 0.3 is 6.09 Å². The molecular weight excluding hydrogens is 1060 g/mol. The van der Waals surface area contributed by atoms with Gasteiger partial charge < -0.3 is 61.9 Å². The quantitative estimate of drug-likeness (QED) is 0.0721. The number of hydrogen-bond donors (Lipinski definition) is 8. The molecule has 0 unspecified atom stereocenters. The van der Waals surface area contributed by atoms with E-state index in [4.69, 9.17) is 15.2 Å². The summed E-state index contributed by atoms with van der Waals surface area (Å²) < 4.78 is 25.5. The maximum absolute atomic E-state index is 15.8. The van der Waals surface area contributed by atoms with E-state index in [0.717, 1.165) is 33.2 Å². The van der Waals surface area contributed by atoms with Crippen molar-refractivity contribution in [2.24, 2.45) is 11.7 Å². The third kappa shape index (κ3) is 14.5. The molecule has 3 saturated heterocycles. The lowest BCUT2D eigenvalue weighted by molar-refractivity contribution is -0.151. The van der Waals surface area contributed by atoms with E-state index < -0.39 is 83.9 Å². The van der Waals surface area contributed by atoms with E-state index in [9.17, 15) is 9.18 Å². The van der Waals surface area contributed by atoms with Crippen LogP contribution in [0.2, 0.25) is 0 Å². The first-order chi connectivity index (χ1) is 40.3. The lowest BCUT2D eigenvalue weighted by Crippen LogP contribution is -2.63. The Hall–Kier alpha value is -8.62. The zero-order chi connectivity index (χ0) is 57.8. The number of carbonyl (C=O) groups excluding carboxylic acids is 7. The zero-order valence-corrected chi connectivity index (χ0v) is 46.2. The summed E-state index contributed by atoms with van der Waals surface area (Å²) >= 11 is 0. The number of ether oxygens (including phenoxy) is 2. The second kappa shape index (κ2) is 27.0. The molecular formula is C63H71FN10O9. The molecule has 0 aliphatic carbocycles. The first kappa shape index (κ1) is 57.6. The van der Waals surface area contributed by atoms with Gasteiger partial charge in [0.05, 0.1) is 6.54 Å². The van der Waals surface area contributed by atoms with Crippen molar-refractivity contribution in [2.45, 2.75) is 113 Å². The molecule has 83 heavy (non-hydrogen) atoms. The van der Waals surface area contributed by atoms with Gasteiger partial charge in [-0.1, -0.05) is 97.1 Å². The van der Waals surface area contributed by atoms with Gasteiger partial charge in [0.15, 0.2) is 0 Å². The lowest BCUT2D eigenvalue weighted by atomic mass is 9.90. The summed E-state index contributed by atoms with van der Waals surface area (Å²) in [5.74, 6) is -3.72. The highest BCUT2D eigenvalue weighted by atomic mass is 19.1. The molecule has 0 spiro atoms. The standard InChI is InChI=1S/C63H71FN10O9/c64-46-19-14-42(15-20-46)38-82-47-21-16-40(17-22-47)31-54-61(79)73-36-44-11-5-4-10-43(44)33-56(73)62(80)74-37-48(83-63(81)67-29-26-65)34-55(74)60(78)69-51(23-18-39-8-2-1-3-9-39)57(75)71-53(32-45-35-68-50-13-7-6-12-49(45)50)59(77)70-52(58(76)72-54)30-41-24-27-66-28-25-41/h1-17,19-22,35,41,48,51-56,66,68H,18,23-34,36-38,65H2,(H,67,81)(H,69,78)(H,70,77)(H,71,75)(H,72,76)/t48-,51+,52+,53-,54+,55+,56+/m1/s1. The number of nitrogens with one attached hydrogen (secondary N) is 7. The molecule has 0 saturated carbocycles. The number of halogens is 1. The third-order valence-electron chi connectivity index (χ3n) is 16.2. The van der Waals surface area contributed by atoms with Gasteiger partial charge in [0.2, 0.25) is 35.4 Å². The Morgan fingerprint density at radius 3 is 2.08 bits per heavy atom. The Morgan fingerprint density at radius 2 is 1.31 bits per heavy atom. The van der Waals surface area contributed by atoms with Crippen molar-refractivity contribution < 1.29 is 47.4 Å². The average molecular weight is 1130 g/mol. The Morgan fingerprint density at radius 1 is 0.651 bits per heavy atom. The Bertz CT molecular complexity index is 3260. The SMILES string of the molecule is NCCNC(=O)O[C@@H]1C[C@H]2C(=O)N[C@@H](CCc3ccccc3)C(=O)N[C@H](Cc3c[nH]c4ccccc34)C(=O)N[C@@H](CC3CCNCC3)C(=O)N[C@@H](Cc3ccc(OCc4ccc(F)cc4)cc3)C(=O)N3Cc4ccccc4C[C@H]3C(=O)N2C1. The van der Waals surface area contributed by atoms with E-state index in [1.54, 1.807) is 42.6 Å². The van der Waals surface area contributed by atoms with Crippen LogP contribution in [0.4, 0.5) is 9.18 Å². The third-order valence-corrected chi connectivity index (χ3v) is 16.2. The molecule has 5 aromatic carbocycles. The summed E-state index contributed by atoms with van der Waals surface area (Å²) in [4.78, 5) is 112. The number of nitrogens with two attached hydrogens (primary N) is 1. The number of amides is 7. The van der Waals surface area contributed by atoms with Crippen LogP contribution in [-0.4, -0.2) is 131 Å². The zero-order valence-electron chi connectivity index (χ0n) is 46.2. The van der Waals surface area contributed by atoms with Crippen LogP contribution in [-0.2, 0) is 72.3 Å². The predicted octanol–water partition coefficient (Wildman–Crippen LogP) is 4.25. The van der Waals surface area contributed by atoms with Gasteiger partial charge in [-0.15, -0.1) is 0 Å². The number of nitrogens with zero attached hydrogens (tertiary/aromatic N) is 2. The lowest BCUT2D eigenvalue weighted by Gasteiger charge is -2.40. The molecule has 1 aromatic heterocycles. The number of rotatable bonds is 15. The predicted molar refractivity (Wildman–Crippen MR) is 308 cm³/mol. The molecule has 3 fully saturated rings. The van der Waals surface area contributed by atoms with Gasteiger partial charge in [0, 0.05) is 62.4 Å². The van der Waals surface area contributed by atoms with Gasteiger partial charge in [-0.05, 0) is 115 Å². The number of benzene rings is 5. The van der Waals surface area contributed by atoms with Crippen molar-refractivity contribution in [3.05, 3.63) is 173 Å². The van der Waals surface area contributed by atoms with E-state index in [0.29, 0.717) is 49.2 Å². The highest BCUT2D eigenvalue weighted by molar-refractivity contribution is 5.99. The molecule has 4 aliphatic rings. The van der Waals surface area contributed by atoms with Crippen molar-refractivity contribution in [2.75, 3.05) is 32.7 Å². The number of alkyl carbamates (subject to hydrolysis) is 1. The van der Waals surface area contributed by atoms with Gasteiger partial charge in [0.1, 0.15) is 60.5 Å². The largest absolute Gasteiger partial charge is 0.489 e. The highest BCUT2D eigenvalue weighted by Crippen LogP contribution is 2.31. The number of hydrogen-bond acceptors (Lipinski definition) is 11. The highest BCUT2D eigenvalue weighted by Gasteiger charge is 2.48. The second-order valence-corrected chi connectivity index (χ2v) is 22.0. The number of para-hydroxylation sites is 1. The average Bonchev–Trinajstić information content (AvgIpc) is 4.34. The van der Waals surface area contributed by atoms with Crippen LogP contribution in [0.5, 0.6) is 5.75 Å². The number of aryl methyl sites for hydroxylation is 1. The minimum absolute atomic E-state index is 0.00505. The maximum Gasteiger partial charge on any atom is 0.407 e. The van der Waals surface area contributed by atoms with Crippen LogP contribution in [0.3, 0.4) is 0 Å². The first-order valence-corrected chi connectivity index (χ1v) is 28.6. The van der Waals surface area contributed by atoms with E-state index in [1.807, 2.05) is 78.9 Å². The fraction of sp³-hybridized carbons (Fsp3) is 0.381. The van der Waals surface area contributed by atoms with Crippen LogP contribution in [0.25, 0.3) is 10.9 Å². The number of aromatic nitrogens is 1. The molecule has 6 aromatic rings. The Balaban J connectivity index is 1.05. The summed E-state index contributed by atoms with van der Waals surface area (Å²) in [5.41, 5.74) is 11.0. The van der Waals surface area contributed by atoms with Crippen molar-refractivity contribution >= 4 is 52.4 Å². The van der Waals surface area contributed by atoms with Crippen LogP contribution in [0, 0.1) is 11.7 Å². The smallest absolute Gasteiger partial charge is 0.407 e. The van der Waals surface area contributed by atoms with Crippen molar-refractivity contribution in [1.82, 2.24) is 46.7 Å². The fourth-order valence-corrected chi connectivity index (χ4v) is 11.7. The summed E-state index contributed by atoms with van der Waals surface area (Å²) in [6, 6.07) is 29.8. The van der Waals surface area contributed by atoms with Crippen molar-refractivity contribution in [3.63, 3.8) is 0 Å². The molecule has 434 valence electrons. The number of piperidine rings is 1. The molecule has 7 amide bonds. The Labute approximate surface area is 481 Å². The van der Waals surface area contributed by atoms with Crippen LogP contribution in [0.1, 0.15) is 65.5 Å². The molecule has 9 N–H and O–H groups in total. The van der Waals surface area contributed by atoms with Gasteiger partial charge in [0.25, 0.3) is 0 Å². The number of H-pyrrole nitrogens is 1. The van der Waals surface area contributed by atoms with E-state index in [2.05, 4.69) is 36.9 Å². The molecule has 20 heteroatoms. The van der Waals surface area contributed by atoms with Crippen LogP contribution >= 0.6 is 0 Å².